The van der Waals surface area contributed by atoms with Crippen LogP contribution in [-0.2, 0) is 11.3 Å². The third-order valence-electron chi connectivity index (χ3n) is 2.36. The first-order valence-corrected chi connectivity index (χ1v) is 4.96. The largest absolute Gasteiger partial charge is 0.479 e. The first-order valence-electron chi connectivity index (χ1n) is 4.96. The summed E-state index contributed by atoms with van der Waals surface area (Å²) in [5, 5.41) is 5.87. The van der Waals surface area contributed by atoms with E-state index < -0.39 is 6.10 Å². The van der Waals surface area contributed by atoms with Gasteiger partial charge in [0.05, 0.1) is 5.69 Å². The van der Waals surface area contributed by atoms with Crippen LogP contribution in [0.2, 0.25) is 0 Å². The van der Waals surface area contributed by atoms with E-state index in [2.05, 4.69) is 10.6 Å². The van der Waals surface area contributed by atoms with E-state index in [1.807, 2.05) is 25.2 Å². The Morgan fingerprint density at radius 3 is 3.07 bits per heavy atom. The van der Waals surface area contributed by atoms with Gasteiger partial charge in [-0.2, -0.15) is 0 Å². The average Bonchev–Trinajstić information content (AvgIpc) is 2.21. The fourth-order valence-electron chi connectivity index (χ4n) is 1.57. The van der Waals surface area contributed by atoms with E-state index in [0.717, 1.165) is 23.5 Å². The van der Waals surface area contributed by atoms with Gasteiger partial charge in [0.2, 0.25) is 0 Å². The van der Waals surface area contributed by atoms with E-state index in [9.17, 15) is 4.79 Å². The van der Waals surface area contributed by atoms with Crippen LogP contribution in [0.5, 0.6) is 5.75 Å². The van der Waals surface area contributed by atoms with Crippen molar-refractivity contribution in [3.8, 4) is 5.75 Å². The van der Waals surface area contributed by atoms with Gasteiger partial charge in [-0.25, -0.2) is 0 Å². The third-order valence-corrected chi connectivity index (χ3v) is 2.36. The number of ether oxygens (including phenoxy) is 1. The second-order valence-electron chi connectivity index (χ2n) is 3.61. The number of carbonyl (C=O) groups is 1. The van der Waals surface area contributed by atoms with E-state index in [1.54, 1.807) is 6.92 Å². The van der Waals surface area contributed by atoms with Crippen LogP contribution in [0.3, 0.4) is 0 Å². The van der Waals surface area contributed by atoms with E-state index in [-0.39, 0.29) is 5.91 Å². The Kier molecular flexibility index (Phi) is 2.60. The monoisotopic (exact) mass is 206 g/mol. The maximum absolute atomic E-state index is 11.4. The molecule has 4 heteroatoms. The van der Waals surface area contributed by atoms with E-state index in [1.165, 1.54) is 0 Å². The highest BCUT2D eigenvalue weighted by atomic mass is 16.5. The number of benzene rings is 1. The number of hydrogen-bond donors (Lipinski definition) is 2. The summed E-state index contributed by atoms with van der Waals surface area (Å²) in [5.41, 5.74) is 1.88. The number of rotatable bonds is 2. The Labute approximate surface area is 88.6 Å². The molecule has 4 nitrogen and oxygen atoms in total. The summed E-state index contributed by atoms with van der Waals surface area (Å²) >= 11 is 0. The zero-order chi connectivity index (χ0) is 10.8. The van der Waals surface area contributed by atoms with Crippen molar-refractivity contribution in [1.82, 2.24) is 5.32 Å². The molecule has 1 unspecified atom stereocenters. The fraction of sp³-hybridized carbons (Fsp3) is 0.364. The molecule has 0 radical (unpaired) electrons. The minimum Gasteiger partial charge on any atom is -0.479 e. The van der Waals surface area contributed by atoms with Crippen molar-refractivity contribution in [1.29, 1.82) is 0 Å². The Hall–Kier alpha value is -1.55. The molecule has 1 amide bonds. The quantitative estimate of drug-likeness (QED) is 0.762. The van der Waals surface area contributed by atoms with Crippen LogP contribution in [0.1, 0.15) is 12.5 Å². The highest BCUT2D eigenvalue weighted by Gasteiger charge is 2.23. The molecular formula is C11H14N2O2. The minimum absolute atomic E-state index is 0.0934. The normalized spacial score (nSPS) is 19.1. The molecule has 2 N–H and O–H groups in total. The summed E-state index contributed by atoms with van der Waals surface area (Å²) in [6.07, 6.45) is -0.410. The van der Waals surface area contributed by atoms with Gasteiger partial charge in [-0.05, 0) is 31.7 Å². The maximum Gasteiger partial charge on any atom is 0.265 e. The zero-order valence-electron chi connectivity index (χ0n) is 8.83. The first-order chi connectivity index (χ1) is 7.20. The molecule has 0 saturated carbocycles. The first kappa shape index (κ1) is 9.98. The molecule has 1 atom stereocenters. The fourth-order valence-corrected chi connectivity index (χ4v) is 1.57. The highest BCUT2D eigenvalue weighted by Crippen LogP contribution is 2.30. The molecule has 0 aromatic heterocycles. The Morgan fingerprint density at radius 1 is 1.53 bits per heavy atom. The predicted molar refractivity (Wildman–Crippen MR) is 57.9 cm³/mol. The Morgan fingerprint density at radius 2 is 2.33 bits per heavy atom. The summed E-state index contributed by atoms with van der Waals surface area (Å²) in [6, 6.07) is 5.80. The van der Waals surface area contributed by atoms with Gasteiger partial charge < -0.3 is 15.4 Å². The van der Waals surface area contributed by atoms with E-state index in [0.29, 0.717) is 0 Å². The molecule has 80 valence electrons. The van der Waals surface area contributed by atoms with Gasteiger partial charge >= 0.3 is 0 Å². The van der Waals surface area contributed by atoms with Gasteiger partial charge in [-0.15, -0.1) is 0 Å². The molecule has 1 aliphatic heterocycles. The molecule has 0 fully saturated rings. The van der Waals surface area contributed by atoms with Crippen molar-refractivity contribution >= 4 is 11.6 Å². The van der Waals surface area contributed by atoms with Crippen molar-refractivity contribution in [3.63, 3.8) is 0 Å². The lowest BCUT2D eigenvalue weighted by Crippen LogP contribution is -2.34. The van der Waals surface area contributed by atoms with Crippen molar-refractivity contribution in [2.45, 2.75) is 19.6 Å². The molecule has 0 saturated heterocycles. The second-order valence-corrected chi connectivity index (χ2v) is 3.61. The zero-order valence-corrected chi connectivity index (χ0v) is 8.83. The lowest BCUT2D eigenvalue weighted by molar-refractivity contribution is -0.122. The van der Waals surface area contributed by atoms with Crippen molar-refractivity contribution in [2.24, 2.45) is 0 Å². The van der Waals surface area contributed by atoms with Crippen LogP contribution in [0, 0.1) is 0 Å². The molecule has 1 aliphatic rings. The number of fused-ring (bicyclic) bond motifs is 1. The van der Waals surface area contributed by atoms with Crippen LogP contribution >= 0.6 is 0 Å². The van der Waals surface area contributed by atoms with Gasteiger partial charge in [0.1, 0.15) is 5.75 Å². The second kappa shape index (κ2) is 3.90. The number of amides is 1. The topological polar surface area (TPSA) is 50.4 Å². The lowest BCUT2D eigenvalue weighted by atomic mass is 10.1. The number of carbonyl (C=O) groups excluding carboxylic acids is 1. The SMILES string of the molecule is CNCc1ccc2c(c1)NC(=O)C(C)O2. The average molecular weight is 206 g/mol. The molecule has 1 heterocycles. The van der Waals surface area contributed by atoms with Crippen molar-refractivity contribution < 1.29 is 9.53 Å². The third kappa shape index (κ3) is 1.94. The molecule has 15 heavy (non-hydrogen) atoms. The standard InChI is InChI=1S/C11H14N2O2/c1-7-11(14)13-9-5-8(6-12-2)3-4-10(9)15-7/h3-5,7,12H,6H2,1-2H3,(H,13,14). The van der Waals surface area contributed by atoms with Gasteiger partial charge in [-0.3, -0.25) is 4.79 Å². The van der Waals surface area contributed by atoms with Crippen LogP contribution in [0.4, 0.5) is 5.69 Å². The molecule has 2 rings (SSSR count). The van der Waals surface area contributed by atoms with Gasteiger partial charge in [0.25, 0.3) is 5.91 Å². The maximum atomic E-state index is 11.4. The van der Waals surface area contributed by atoms with Crippen LogP contribution in [0.15, 0.2) is 18.2 Å². The van der Waals surface area contributed by atoms with E-state index >= 15 is 0 Å². The summed E-state index contributed by atoms with van der Waals surface area (Å²) in [4.78, 5) is 11.4. The molecule has 1 aromatic carbocycles. The van der Waals surface area contributed by atoms with Crippen molar-refractivity contribution in [2.75, 3.05) is 12.4 Å². The Bertz CT molecular complexity index is 390. The lowest BCUT2D eigenvalue weighted by Gasteiger charge is -2.23. The summed E-state index contributed by atoms with van der Waals surface area (Å²) < 4.78 is 5.44. The Balaban J connectivity index is 2.29. The van der Waals surface area contributed by atoms with Crippen LogP contribution < -0.4 is 15.4 Å². The van der Waals surface area contributed by atoms with Crippen molar-refractivity contribution in [3.05, 3.63) is 23.8 Å². The van der Waals surface area contributed by atoms with Crippen LogP contribution in [-0.4, -0.2) is 19.1 Å². The molecular weight excluding hydrogens is 192 g/mol. The highest BCUT2D eigenvalue weighted by molar-refractivity contribution is 5.97. The predicted octanol–water partition coefficient (Wildman–Crippen LogP) is 1.13. The molecule has 0 spiro atoms. The molecule has 0 aliphatic carbocycles. The number of hydrogen-bond acceptors (Lipinski definition) is 3. The van der Waals surface area contributed by atoms with E-state index in [4.69, 9.17) is 4.74 Å². The van der Waals surface area contributed by atoms with Gasteiger partial charge in [0.15, 0.2) is 6.10 Å². The number of anilines is 1. The molecule has 1 aromatic rings. The van der Waals surface area contributed by atoms with Crippen LogP contribution in [0.25, 0.3) is 0 Å². The summed E-state index contributed by atoms with van der Waals surface area (Å²) in [7, 11) is 1.89. The van der Waals surface area contributed by atoms with Gasteiger partial charge in [0, 0.05) is 6.54 Å². The smallest absolute Gasteiger partial charge is 0.265 e. The summed E-state index contributed by atoms with van der Waals surface area (Å²) in [5.74, 6) is 0.645. The number of nitrogens with one attached hydrogen (secondary N) is 2. The minimum atomic E-state index is -0.410. The molecule has 0 bridgehead atoms. The summed E-state index contributed by atoms with van der Waals surface area (Å²) in [6.45, 7) is 2.51. The van der Waals surface area contributed by atoms with Gasteiger partial charge in [-0.1, -0.05) is 6.07 Å².